The number of benzene rings is 1. The quantitative estimate of drug-likeness (QED) is 0.499. The number of aromatic amines is 1. The predicted molar refractivity (Wildman–Crippen MR) is 131 cm³/mol. The zero-order chi connectivity index (χ0) is 25.1. The number of nitrogens with one attached hydrogen (secondary N) is 3. The molecule has 1 aliphatic carbocycles. The minimum atomic E-state index is -0.288. The molecule has 0 spiro atoms. The smallest absolute Gasteiger partial charge is 0.272 e. The number of amides is 3. The third-order valence-corrected chi connectivity index (χ3v) is 6.43. The van der Waals surface area contributed by atoms with Crippen molar-refractivity contribution in [1.82, 2.24) is 30.7 Å². The first-order valence-corrected chi connectivity index (χ1v) is 11.6. The average molecular weight is 479 g/mol. The molecule has 1 saturated carbocycles. The lowest BCUT2D eigenvalue weighted by atomic mass is 9.84. The number of H-pyrrole nitrogens is 1. The van der Waals surface area contributed by atoms with Crippen LogP contribution in [0.2, 0.25) is 0 Å². The van der Waals surface area contributed by atoms with Crippen molar-refractivity contribution in [1.29, 1.82) is 0 Å². The minimum absolute atomic E-state index is 0.0868. The Balaban J connectivity index is 1.57. The molecule has 0 bridgehead atoms. The van der Waals surface area contributed by atoms with Crippen molar-refractivity contribution in [2.24, 2.45) is 5.92 Å². The fourth-order valence-corrected chi connectivity index (χ4v) is 4.60. The molecule has 184 valence electrons. The molecule has 2 aromatic heterocycles. The molecule has 2 unspecified atom stereocenters. The summed E-state index contributed by atoms with van der Waals surface area (Å²) in [6, 6.07) is 7.17. The van der Waals surface area contributed by atoms with Gasteiger partial charge in [-0.25, -0.2) is 4.98 Å². The number of carbonyl (C=O) groups is 3. The first-order chi connectivity index (χ1) is 16.8. The number of fused-ring (bicyclic) bond motifs is 1. The van der Waals surface area contributed by atoms with Crippen molar-refractivity contribution in [3.05, 3.63) is 41.7 Å². The Morgan fingerprint density at radius 1 is 1.11 bits per heavy atom. The second-order valence-corrected chi connectivity index (χ2v) is 8.96. The number of methoxy groups -OCH3 is 1. The summed E-state index contributed by atoms with van der Waals surface area (Å²) in [6.07, 6.45) is 4.79. The van der Waals surface area contributed by atoms with Crippen LogP contribution in [0.3, 0.4) is 0 Å². The van der Waals surface area contributed by atoms with Crippen LogP contribution in [-0.4, -0.2) is 72.1 Å². The maximum atomic E-state index is 13.2. The highest BCUT2D eigenvalue weighted by molar-refractivity contribution is 6.05. The summed E-state index contributed by atoms with van der Waals surface area (Å²) in [5.41, 5.74) is 2.87. The minimum Gasteiger partial charge on any atom is -0.480 e. The normalized spacial score (nSPS) is 17.6. The second kappa shape index (κ2) is 10.1. The van der Waals surface area contributed by atoms with Crippen LogP contribution in [-0.2, 0) is 4.79 Å². The molecule has 1 aliphatic rings. The number of pyridine rings is 1. The van der Waals surface area contributed by atoms with Gasteiger partial charge >= 0.3 is 0 Å². The highest BCUT2D eigenvalue weighted by Crippen LogP contribution is 2.29. The summed E-state index contributed by atoms with van der Waals surface area (Å²) < 4.78 is 5.36. The highest BCUT2D eigenvalue weighted by atomic mass is 16.5. The van der Waals surface area contributed by atoms with Gasteiger partial charge < -0.3 is 20.3 Å². The molecule has 10 heteroatoms. The number of aromatic nitrogens is 3. The predicted octanol–water partition coefficient (Wildman–Crippen LogP) is 2.37. The van der Waals surface area contributed by atoms with E-state index < -0.39 is 0 Å². The summed E-state index contributed by atoms with van der Waals surface area (Å²) in [5, 5.41) is 13.3. The van der Waals surface area contributed by atoms with Gasteiger partial charge in [0, 0.05) is 50.2 Å². The van der Waals surface area contributed by atoms with Gasteiger partial charge in [-0.1, -0.05) is 12.5 Å². The number of nitrogens with zero attached hydrogens (tertiary/aromatic N) is 3. The molecule has 0 radical (unpaired) electrons. The fraction of sp³-hybridized carbons (Fsp3) is 0.400. The number of hydrogen-bond acceptors (Lipinski definition) is 6. The van der Waals surface area contributed by atoms with Gasteiger partial charge in [0.05, 0.1) is 12.6 Å². The first-order valence-electron chi connectivity index (χ1n) is 11.6. The highest BCUT2D eigenvalue weighted by Gasteiger charge is 2.30. The molecular weight excluding hydrogens is 448 g/mol. The first kappa shape index (κ1) is 24.2. The summed E-state index contributed by atoms with van der Waals surface area (Å²) in [5.74, 6) is -0.322. The van der Waals surface area contributed by atoms with Crippen LogP contribution in [0.5, 0.6) is 5.88 Å². The van der Waals surface area contributed by atoms with E-state index in [0.29, 0.717) is 28.6 Å². The lowest BCUT2D eigenvalue weighted by molar-refractivity contribution is -0.134. The van der Waals surface area contributed by atoms with Gasteiger partial charge in [-0.15, -0.1) is 0 Å². The topological polar surface area (TPSA) is 129 Å². The Morgan fingerprint density at radius 3 is 2.63 bits per heavy atom. The number of rotatable bonds is 6. The van der Waals surface area contributed by atoms with Crippen molar-refractivity contribution < 1.29 is 19.1 Å². The van der Waals surface area contributed by atoms with Crippen molar-refractivity contribution in [3.8, 4) is 17.0 Å². The Labute approximate surface area is 203 Å². The van der Waals surface area contributed by atoms with Gasteiger partial charge in [0.1, 0.15) is 5.56 Å². The van der Waals surface area contributed by atoms with Crippen LogP contribution in [0.4, 0.5) is 0 Å². The molecule has 10 nitrogen and oxygen atoms in total. The van der Waals surface area contributed by atoms with Crippen LogP contribution < -0.4 is 15.4 Å². The van der Waals surface area contributed by atoms with Crippen LogP contribution in [0.1, 0.15) is 46.5 Å². The average Bonchev–Trinajstić information content (AvgIpc) is 3.30. The molecule has 2 heterocycles. The van der Waals surface area contributed by atoms with Crippen LogP contribution in [0.25, 0.3) is 22.0 Å². The number of hydrogen-bond donors (Lipinski definition) is 3. The van der Waals surface area contributed by atoms with Crippen molar-refractivity contribution in [3.63, 3.8) is 0 Å². The van der Waals surface area contributed by atoms with Gasteiger partial charge in [0.15, 0.2) is 5.69 Å². The molecule has 3 N–H and O–H groups in total. The standard InChI is InChI=1S/C25H30N6O4/c1-26-23(33)21-18-9-8-14(12-20(18)29-30-21)16-11-19(24(35-4)27-13-16)22(32)28-17-7-5-6-15(10-17)25(34)31(2)3/h8-9,11-13,15,17H,5-7,10H2,1-4H3,(H,26,33)(H,28,32)(H,29,30). The zero-order valence-electron chi connectivity index (χ0n) is 20.3. The molecule has 35 heavy (non-hydrogen) atoms. The van der Waals surface area contributed by atoms with E-state index in [1.165, 1.54) is 7.11 Å². The molecule has 3 aromatic rings. The Morgan fingerprint density at radius 2 is 1.91 bits per heavy atom. The molecular formula is C25H30N6O4. The van der Waals surface area contributed by atoms with Gasteiger partial charge in [-0.05, 0) is 43.0 Å². The second-order valence-electron chi connectivity index (χ2n) is 8.96. The van der Waals surface area contributed by atoms with E-state index in [1.807, 2.05) is 18.2 Å². The molecule has 0 aliphatic heterocycles. The van der Waals surface area contributed by atoms with Gasteiger partial charge in [0.2, 0.25) is 11.8 Å². The van der Waals surface area contributed by atoms with Crippen LogP contribution in [0.15, 0.2) is 30.5 Å². The lowest BCUT2D eigenvalue weighted by Crippen LogP contribution is -2.42. The molecule has 1 aromatic carbocycles. The monoisotopic (exact) mass is 478 g/mol. The molecule has 0 saturated heterocycles. The van der Waals surface area contributed by atoms with E-state index in [1.54, 1.807) is 38.3 Å². The number of carbonyl (C=O) groups excluding carboxylic acids is 3. The molecule has 3 amide bonds. The SMILES string of the molecule is CNC(=O)c1n[nH]c2cc(-c3cnc(OC)c(C(=O)NC4CCCC(C(=O)N(C)C)C4)c3)ccc12. The summed E-state index contributed by atoms with van der Waals surface area (Å²) in [4.78, 5) is 43.6. The number of ether oxygens (including phenoxy) is 1. The van der Waals surface area contributed by atoms with E-state index in [9.17, 15) is 14.4 Å². The van der Waals surface area contributed by atoms with Gasteiger partial charge in [0.25, 0.3) is 11.8 Å². The Hall–Kier alpha value is -3.95. The molecule has 1 fully saturated rings. The summed E-state index contributed by atoms with van der Waals surface area (Å²) in [7, 11) is 6.54. The Kier molecular flexibility index (Phi) is 6.99. The van der Waals surface area contributed by atoms with Crippen molar-refractivity contribution in [2.75, 3.05) is 28.3 Å². The zero-order valence-corrected chi connectivity index (χ0v) is 20.3. The van der Waals surface area contributed by atoms with E-state index in [0.717, 1.165) is 30.4 Å². The van der Waals surface area contributed by atoms with Gasteiger partial charge in [-0.3, -0.25) is 19.5 Å². The van der Waals surface area contributed by atoms with Crippen LogP contribution in [0, 0.1) is 5.92 Å². The Bertz CT molecular complexity index is 1270. The summed E-state index contributed by atoms with van der Waals surface area (Å²) in [6.45, 7) is 0. The van der Waals surface area contributed by atoms with E-state index in [4.69, 9.17) is 4.74 Å². The third kappa shape index (κ3) is 4.96. The largest absolute Gasteiger partial charge is 0.480 e. The van der Waals surface area contributed by atoms with E-state index >= 15 is 0 Å². The van der Waals surface area contributed by atoms with E-state index in [2.05, 4.69) is 25.8 Å². The third-order valence-electron chi connectivity index (χ3n) is 6.43. The lowest BCUT2D eigenvalue weighted by Gasteiger charge is -2.30. The summed E-state index contributed by atoms with van der Waals surface area (Å²) >= 11 is 0. The van der Waals surface area contributed by atoms with E-state index in [-0.39, 0.29) is 35.6 Å². The molecule has 2 atom stereocenters. The maximum Gasteiger partial charge on any atom is 0.272 e. The fourth-order valence-electron chi connectivity index (χ4n) is 4.60. The van der Waals surface area contributed by atoms with Crippen molar-refractivity contribution in [2.45, 2.75) is 31.7 Å². The maximum absolute atomic E-state index is 13.2. The molecule has 4 rings (SSSR count). The van der Waals surface area contributed by atoms with Gasteiger partial charge in [-0.2, -0.15) is 5.10 Å². The van der Waals surface area contributed by atoms with Crippen LogP contribution >= 0.6 is 0 Å². The van der Waals surface area contributed by atoms with Crippen molar-refractivity contribution >= 4 is 28.6 Å².